The fraction of sp³-hybridized carbons (Fsp3) is 0.278. The van der Waals surface area contributed by atoms with Crippen molar-refractivity contribution in [3.63, 3.8) is 0 Å². The minimum atomic E-state index is 0. The van der Waals surface area contributed by atoms with Gasteiger partial charge < -0.3 is 15.5 Å². The number of nitrogens with two attached hydrogens (primary N) is 1. The zero-order chi connectivity index (χ0) is 17.2. The van der Waals surface area contributed by atoms with Crippen molar-refractivity contribution >= 4 is 36.4 Å². The van der Waals surface area contributed by atoms with Crippen LogP contribution in [0.15, 0.2) is 49.1 Å². The Balaban J connectivity index is 0.00000131. The molecule has 0 radical (unpaired) electrons. The number of imidazole rings is 1. The summed E-state index contributed by atoms with van der Waals surface area (Å²) in [6.45, 7) is 4.15. The first-order chi connectivity index (χ1) is 12.2. The lowest BCUT2D eigenvalue weighted by Crippen LogP contribution is -2.44. The van der Waals surface area contributed by atoms with Gasteiger partial charge in [0.2, 0.25) is 0 Å². The number of hydrogen-bond acceptors (Lipinski definition) is 6. The summed E-state index contributed by atoms with van der Waals surface area (Å²) in [4.78, 5) is 17.8. The Hall–Kier alpha value is -2.35. The highest BCUT2D eigenvalue weighted by atomic mass is 35.5. The normalized spacial score (nSPS) is 14.3. The second kappa shape index (κ2) is 9.03. The van der Waals surface area contributed by atoms with Gasteiger partial charge in [0, 0.05) is 50.3 Å². The third kappa shape index (κ3) is 4.50. The monoisotopic (exact) mass is 407 g/mol. The molecular weight excluding hydrogens is 385 g/mol. The molecular formula is C18H23Cl2N7. The third-order valence-electron chi connectivity index (χ3n) is 4.52. The molecule has 2 N–H and O–H groups in total. The molecule has 1 aliphatic rings. The number of aromatic nitrogens is 4. The van der Waals surface area contributed by atoms with Crippen molar-refractivity contribution in [3.05, 3.63) is 49.1 Å². The first-order valence-corrected chi connectivity index (χ1v) is 8.36. The van der Waals surface area contributed by atoms with Gasteiger partial charge in [0.15, 0.2) is 0 Å². The lowest BCUT2D eigenvalue weighted by Gasteiger charge is -2.33. The number of nitrogens with zero attached hydrogens (tertiary/aromatic N) is 6. The van der Waals surface area contributed by atoms with Crippen LogP contribution < -0.4 is 10.6 Å². The predicted octanol–water partition coefficient (Wildman–Crippen LogP) is 2.51. The number of pyridine rings is 2. The van der Waals surface area contributed by atoms with E-state index in [0.717, 1.165) is 49.1 Å². The molecule has 0 aromatic carbocycles. The molecule has 9 heteroatoms. The standard InChI is InChI=1S/C18H21N7.2ClH/c1-23-8-10-24(11-9-23)17-3-2-15(13-22-17)25-7-6-21-18(25)14-4-5-20-16(19)12-14;;/h2-7,12-13H,8-11H2,1H3,(H2,19,20);2*1H. The molecule has 0 bridgehead atoms. The van der Waals surface area contributed by atoms with Gasteiger partial charge >= 0.3 is 0 Å². The van der Waals surface area contributed by atoms with Crippen molar-refractivity contribution in [3.8, 4) is 17.1 Å². The Morgan fingerprint density at radius 3 is 2.37 bits per heavy atom. The SMILES string of the molecule is CN1CCN(c2ccc(-n3ccnc3-c3ccnc(N)c3)cn2)CC1.Cl.Cl. The van der Waals surface area contributed by atoms with E-state index in [4.69, 9.17) is 5.73 Å². The van der Waals surface area contributed by atoms with Crippen LogP contribution in [0.25, 0.3) is 17.1 Å². The number of likely N-dealkylation sites (N-methyl/N-ethyl adjacent to an activating group) is 1. The lowest BCUT2D eigenvalue weighted by atomic mass is 10.2. The zero-order valence-electron chi connectivity index (χ0n) is 15.0. The molecule has 27 heavy (non-hydrogen) atoms. The molecule has 0 saturated carbocycles. The van der Waals surface area contributed by atoms with Gasteiger partial charge in [-0.3, -0.25) is 4.57 Å². The lowest BCUT2D eigenvalue weighted by molar-refractivity contribution is 0.312. The molecule has 0 atom stereocenters. The molecule has 3 aromatic rings. The second-order valence-electron chi connectivity index (χ2n) is 6.26. The molecule has 1 aliphatic heterocycles. The summed E-state index contributed by atoms with van der Waals surface area (Å²) in [5.41, 5.74) is 7.70. The molecule has 4 heterocycles. The average molecular weight is 408 g/mol. The second-order valence-corrected chi connectivity index (χ2v) is 6.26. The van der Waals surface area contributed by atoms with E-state index in [0.29, 0.717) is 5.82 Å². The van der Waals surface area contributed by atoms with Crippen LogP contribution in [-0.2, 0) is 0 Å². The predicted molar refractivity (Wildman–Crippen MR) is 113 cm³/mol. The van der Waals surface area contributed by atoms with E-state index in [2.05, 4.69) is 43.9 Å². The van der Waals surface area contributed by atoms with Crippen LogP contribution in [0, 0.1) is 0 Å². The molecule has 7 nitrogen and oxygen atoms in total. The summed E-state index contributed by atoms with van der Waals surface area (Å²) < 4.78 is 2.01. The van der Waals surface area contributed by atoms with Gasteiger partial charge in [0.25, 0.3) is 0 Å². The van der Waals surface area contributed by atoms with Crippen LogP contribution in [0.4, 0.5) is 11.6 Å². The van der Waals surface area contributed by atoms with Crippen LogP contribution in [-0.4, -0.2) is 57.6 Å². The maximum absolute atomic E-state index is 5.80. The van der Waals surface area contributed by atoms with Gasteiger partial charge in [-0.05, 0) is 31.3 Å². The summed E-state index contributed by atoms with van der Waals surface area (Å²) in [5, 5.41) is 0. The van der Waals surface area contributed by atoms with E-state index < -0.39 is 0 Å². The summed E-state index contributed by atoms with van der Waals surface area (Å²) in [5.74, 6) is 2.32. The fourth-order valence-electron chi connectivity index (χ4n) is 3.06. The van der Waals surface area contributed by atoms with E-state index >= 15 is 0 Å². The highest BCUT2D eigenvalue weighted by Crippen LogP contribution is 2.23. The van der Waals surface area contributed by atoms with Gasteiger partial charge in [0.05, 0.1) is 11.9 Å². The van der Waals surface area contributed by atoms with Crippen LogP contribution >= 0.6 is 24.8 Å². The van der Waals surface area contributed by atoms with Crippen molar-refractivity contribution in [1.82, 2.24) is 24.4 Å². The van der Waals surface area contributed by atoms with Crippen LogP contribution in [0.3, 0.4) is 0 Å². The fourth-order valence-corrected chi connectivity index (χ4v) is 3.06. The van der Waals surface area contributed by atoms with Crippen molar-refractivity contribution in [2.24, 2.45) is 0 Å². The maximum Gasteiger partial charge on any atom is 0.144 e. The van der Waals surface area contributed by atoms with E-state index in [1.54, 1.807) is 12.4 Å². The van der Waals surface area contributed by atoms with Gasteiger partial charge in [0.1, 0.15) is 17.5 Å². The van der Waals surface area contributed by atoms with Crippen molar-refractivity contribution in [1.29, 1.82) is 0 Å². The van der Waals surface area contributed by atoms with Gasteiger partial charge in [-0.25, -0.2) is 15.0 Å². The topological polar surface area (TPSA) is 76.1 Å². The largest absolute Gasteiger partial charge is 0.384 e. The molecule has 1 saturated heterocycles. The number of nitrogen functional groups attached to an aromatic ring is 1. The number of anilines is 2. The smallest absolute Gasteiger partial charge is 0.144 e. The highest BCUT2D eigenvalue weighted by Gasteiger charge is 2.15. The minimum Gasteiger partial charge on any atom is -0.384 e. The van der Waals surface area contributed by atoms with E-state index in [1.807, 2.05) is 29.1 Å². The van der Waals surface area contributed by atoms with Crippen molar-refractivity contribution < 1.29 is 0 Å². The first-order valence-electron chi connectivity index (χ1n) is 8.36. The molecule has 1 fully saturated rings. The van der Waals surface area contributed by atoms with Crippen molar-refractivity contribution in [2.45, 2.75) is 0 Å². The highest BCUT2D eigenvalue weighted by molar-refractivity contribution is 5.85. The van der Waals surface area contributed by atoms with Crippen LogP contribution in [0.2, 0.25) is 0 Å². The minimum absolute atomic E-state index is 0. The third-order valence-corrected chi connectivity index (χ3v) is 4.52. The molecule has 0 unspecified atom stereocenters. The summed E-state index contributed by atoms with van der Waals surface area (Å²) in [6, 6.07) is 7.88. The molecule has 0 spiro atoms. The first kappa shape index (κ1) is 21.0. The molecule has 144 valence electrons. The zero-order valence-corrected chi connectivity index (χ0v) is 16.7. The van der Waals surface area contributed by atoms with Crippen LogP contribution in [0.1, 0.15) is 0 Å². The Kier molecular flexibility index (Phi) is 7.01. The van der Waals surface area contributed by atoms with Crippen LogP contribution in [0.5, 0.6) is 0 Å². The van der Waals surface area contributed by atoms with Crippen molar-refractivity contribution in [2.75, 3.05) is 43.9 Å². The number of halogens is 2. The Bertz CT molecular complexity index is 858. The Labute approximate surface area is 171 Å². The number of rotatable bonds is 3. The number of hydrogen-bond donors (Lipinski definition) is 1. The molecule has 0 amide bonds. The Morgan fingerprint density at radius 1 is 0.926 bits per heavy atom. The average Bonchev–Trinajstić information content (AvgIpc) is 3.12. The molecule has 3 aromatic heterocycles. The maximum atomic E-state index is 5.80. The molecule has 4 rings (SSSR count). The number of piperazine rings is 1. The van der Waals surface area contributed by atoms with E-state index in [9.17, 15) is 0 Å². The quantitative estimate of drug-likeness (QED) is 0.718. The van der Waals surface area contributed by atoms with E-state index in [1.165, 1.54) is 0 Å². The Morgan fingerprint density at radius 2 is 1.70 bits per heavy atom. The summed E-state index contributed by atoms with van der Waals surface area (Å²) >= 11 is 0. The van der Waals surface area contributed by atoms with Gasteiger partial charge in [-0.15, -0.1) is 24.8 Å². The summed E-state index contributed by atoms with van der Waals surface area (Å²) in [6.07, 6.45) is 7.29. The van der Waals surface area contributed by atoms with Gasteiger partial charge in [-0.1, -0.05) is 0 Å². The van der Waals surface area contributed by atoms with Gasteiger partial charge in [-0.2, -0.15) is 0 Å². The summed E-state index contributed by atoms with van der Waals surface area (Å²) in [7, 11) is 2.15. The van der Waals surface area contributed by atoms with E-state index in [-0.39, 0.29) is 24.8 Å². The molecule has 0 aliphatic carbocycles.